The van der Waals surface area contributed by atoms with E-state index in [1.165, 1.54) is 0 Å². The van der Waals surface area contributed by atoms with Crippen molar-refractivity contribution in [1.82, 2.24) is 20.3 Å². The van der Waals surface area contributed by atoms with E-state index in [-0.39, 0.29) is 12.2 Å². The molecule has 2 N–H and O–H groups in total. The lowest BCUT2D eigenvalue weighted by Gasteiger charge is -2.33. The predicted octanol–water partition coefficient (Wildman–Crippen LogP) is 1.20. The number of rotatable bonds is 6. The van der Waals surface area contributed by atoms with Crippen LogP contribution in [0, 0.1) is 12.3 Å². The zero-order valence-corrected chi connectivity index (χ0v) is 15.3. The lowest BCUT2D eigenvalue weighted by molar-refractivity contribution is -0.154. The van der Waals surface area contributed by atoms with Crippen LogP contribution in [0.4, 0.5) is 0 Å². The molecular formula is C18H22N4O5. The number of hydrogen-bond donors (Lipinski definition) is 2. The molecule has 0 bridgehead atoms. The minimum atomic E-state index is -1.01. The van der Waals surface area contributed by atoms with Crippen LogP contribution in [0.2, 0.25) is 0 Å². The van der Waals surface area contributed by atoms with Gasteiger partial charge in [-0.25, -0.2) is 4.68 Å². The van der Waals surface area contributed by atoms with Gasteiger partial charge in [0.1, 0.15) is 5.75 Å². The first-order valence-electron chi connectivity index (χ1n) is 8.63. The smallest absolute Gasteiger partial charge is 0.311 e. The summed E-state index contributed by atoms with van der Waals surface area (Å²) < 4.78 is 11.9. The maximum absolute atomic E-state index is 12.5. The zero-order valence-electron chi connectivity index (χ0n) is 15.3. The van der Waals surface area contributed by atoms with E-state index in [2.05, 4.69) is 15.6 Å². The Morgan fingerprint density at radius 3 is 2.56 bits per heavy atom. The Morgan fingerprint density at radius 1 is 1.30 bits per heavy atom. The van der Waals surface area contributed by atoms with Gasteiger partial charge in [0.05, 0.1) is 23.9 Å². The Kier molecular flexibility index (Phi) is 5.41. The number of carbonyl (C=O) groups is 2. The van der Waals surface area contributed by atoms with E-state index in [9.17, 15) is 14.7 Å². The SMILES string of the molecule is COc1ccc(-n2nnc(C(=O)NCC3(C(=O)O)CCOCC3)c2C)cc1. The topological polar surface area (TPSA) is 116 Å². The number of carbonyl (C=O) groups excluding carboxylic acids is 1. The zero-order chi connectivity index (χ0) is 19.4. The molecule has 3 rings (SSSR count). The van der Waals surface area contributed by atoms with Gasteiger partial charge in [-0.05, 0) is 44.0 Å². The van der Waals surface area contributed by atoms with Gasteiger partial charge in [0, 0.05) is 19.8 Å². The van der Waals surface area contributed by atoms with E-state index >= 15 is 0 Å². The van der Waals surface area contributed by atoms with Crippen LogP contribution < -0.4 is 10.1 Å². The van der Waals surface area contributed by atoms with Crippen LogP contribution in [0.15, 0.2) is 24.3 Å². The second kappa shape index (κ2) is 7.75. The number of aromatic nitrogens is 3. The molecule has 1 aliphatic heterocycles. The number of ether oxygens (including phenoxy) is 2. The van der Waals surface area contributed by atoms with Crippen LogP contribution in [-0.2, 0) is 9.53 Å². The third-order valence-electron chi connectivity index (χ3n) is 4.92. The molecule has 144 valence electrons. The van der Waals surface area contributed by atoms with Crippen molar-refractivity contribution < 1.29 is 24.2 Å². The van der Waals surface area contributed by atoms with Gasteiger partial charge >= 0.3 is 5.97 Å². The minimum Gasteiger partial charge on any atom is -0.497 e. The van der Waals surface area contributed by atoms with Crippen LogP contribution in [-0.4, -0.2) is 58.8 Å². The second-order valence-electron chi connectivity index (χ2n) is 6.51. The fourth-order valence-electron chi connectivity index (χ4n) is 3.07. The van der Waals surface area contributed by atoms with Gasteiger partial charge < -0.3 is 19.9 Å². The minimum absolute atomic E-state index is 0.0271. The summed E-state index contributed by atoms with van der Waals surface area (Å²) in [5.41, 5.74) is 0.465. The first-order chi connectivity index (χ1) is 13.0. The molecule has 1 amide bonds. The molecule has 0 unspecified atom stereocenters. The normalized spacial score (nSPS) is 15.9. The molecule has 9 heteroatoms. The maximum atomic E-state index is 12.5. The molecule has 0 atom stereocenters. The maximum Gasteiger partial charge on any atom is 0.311 e. The molecule has 1 aliphatic rings. The summed E-state index contributed by atoms with van der Waals surface area (Å²) in [5.74, 6) is -0.658. The third-order valence-corrected chi connectivity index (χ3v) is 4.92. The third kappa shape index (κ3) is 3.77. The molecular weight excluding hydrogens is 352 g/mol. The van der Waals surface area contributed by atoms with Crippen molar-refractivity contribution >= 4 is 11.9 Å². The molecule has 27 heavy (non-hydrogen) atoms. The van der Waals surface area contributed by atoms with Gasteiger partial charge in [0.2, 0.25) is 0 Å². The predicted molar refractivity (Wildman–Crippen MR) is 95.1 cm³/mol. The molecule has 1 aromatic carbocycles. The molecule has 0 radical (unpaired) electrons. The standard InChI is InChI=1S/C18H22N4O5/c1-12-15(20-21-22(12)13-3-5-14(26-2)6-4-13)16(23)19-11-18(17(24)25)7-9-27-10-8-18/h3-6H,7-11H2,1-2H3,(H,19,23)(H,24,25). The van der Waals surface area contributed by atoms with Gasteiger partial charge in [-0.1, -0.05) is 5.21 Å². The van der Waals surface area contributed by atoms with Crippen molar-refractivity contribution in [3.05, 3.63) is 35.7 Å². The Labute approximate surface area is 156 Å². The molecule has 0 aliphatic carbocycles. The number of amides is 1. The van der Waals surface area contributed by atoms with Crippen LogP contribution in [0.25, 0.3) is 5.69 Å². The fourth-order valence-corrected chi connectivity index (χ4v) is 3.07. The summed E-state index contributed by atoms with van der Waals surface area (Å²) in [6.45, 7) is 2.50. The van der Waals surface area contributed by atoms with E-state index in [4.69, 9.17) is 9.47 Å². The highest BCUT2D eigenvalue weighted by atomic mass is 16.5. The molecule has 1 fully saturated rings. The van der Waals surface area contributed by atoms with E-state index in [1.807, 2.05) is 12.1 Å². The van der Waals surface area contributed by atoms with Crippen molar-refractivity contribution in [1.29, 1.82) is 0 Å². The monoisotopic (exact) mass is 374 g/mol. The number of hydrogen-bond acceptors (Lipinski definition) is 6. The largest absolute Gasteiger partial charge is 0.497 e. The number of carboxylic acid groups (broad SMARTS) is 1. The number of nitrogens with one attached hydrogen (secondary N) is 1. The van der Waals surface area contributed by atoms with Crippen molar-refractivity contribution in [2.75, 3.05) is 26.9 Å². The summed E-state index contributed by atoms with van der Waals surface area (Å²) >= 11 is 0. The van der Waals surface area contributed by atoms with Gasteiger partial charge in [-0.2, -0.15) is 0 Å². The summed E-state index contributed by atoms with van der Waals surface area (Å²) in [4.78, 5) is 24.2. The number of benzene rings is 1. The fraction of sp³-hybridized carbons (Fsp3) is 0.444. The highest BCUT2D eigenvalue weighted by Gasteiger charge is 2.40. The molecule has 0 saturated carbocycles. The van der Waals surface area contributed by atoms with Crippen molar-refractivity contribution in [2.24, 2.45) is 5.41 Å². The van der Waals surface area contributed by atoms with Crippen molar-refractivity contribution in [3.8, 4) is 11.4 Å². The van der Waals surface area contributed by atoms with Gasteiger partial charge in [0.15, 0.2) is 5.69 Å². The van der Waals surface area contributed by atoms with Crippen molar-refractivity contribution in [2.45, 2.75) is 19.8 Å². The highest BCUT2D eigenvalue weighted by Crippen LogP contribution is 2.30. The lowest BCUT2D eigenvalue weighted by Crippen LogP contribution is -2.46. The number of carboxylic acids is 1. The molecule has 2 heterocycles. The van der Waals surface area contributed by atoms with E-state index in [0.717, 1.165) is 5.69 Å². The van der Waals surface area contributed by atoms with E-state index in [1.54, 1.807) is 30.8 Å². The number of nitrogens with zero attached hydrogens (tertiary/aromatic N) is 3. The number of aliphatic carboxylic acids is 1. The average molecular weight is 374 g/mol. The van der Waals surface area contributed by atoms with Crippen LogP contribution >= 0.6 is 0 Å². The van der Waals surface area contributed by atoms with Crippen LogP contribution in [0.3, 0.4) is 0 Å². The van der Waals surface area contributed by atoms with Gasteiger partial charge in [-0.3, -0.25) is 9.59 Å². The average Bonchev–Trinajstić information content (AvgIpc) is 3.08. The molecule has 0 spiro atoms. The van der Waals surface area contributed by atoms with Crippen LogP contribution in [0.1, 0.15) is 29.0 Å². The van der Waals surface area contributed by atoms with Gasteiger partial charge in [-0.15, -0.1) is 5.10 Å². The first-order valence-corrected chi connectivity index (χ1v) is 8.63. The quantitative estimate of drug-likeness (QED) is 0.780. The van der Waals surface area contributed by atoms with E-state index < -0.39 is 17.3 Å². The first kappa shape index (κ1) is 18.8. The van der Waals surface area contributed by atoms with Crippen LogP contribution in [0.5, 0.6) is 5.75 Å². The van der Waals surface area contributed by atoms with E-state index in [0.29, 0.717) is 37.5 Å². The highest BCUT2D eigenvalue weighted by molar-refractivity contribution is 5.93. The Morgan fingerprint density at radius 2 is 1.96 bits per heavy atom. The van der Waals surface area contributed by atoms with Crippen molar-refractivity contribution in [3.63, 3.8) is 0 Å². The lowest BCUT2D eigenvalue weighted by atomic mass is 9.80. The summed E-state index contributed by atoms with van der Waals surface area (Å²) in [5, 5.41) is 20.3. The summed E-state index contributed by atoms with van der Waals surface area (Å²) in [7, 11) is 1.58. The Balaban J connectivity index is 1.73. The molecule has 1 aromatic heterocycles. The Hall–Kier alpha value is -2.94. The molecule has 9 nitrogen and oxygen atoms in total. The molecule has 1 saturated heterocycles. The Bertz CT molecular complexity index is 825. The number of methoxy groups -OCH3 is 1. The van der Waals surface area contributed by atoms with Gasteiger partial charge in [0.25, 0.3) is 5.91 Å². The summed E-state index contributed by atoms with van der Waals surface area (Å²) in [6.07, 6.45) is 0.722. The second-order valence-corrected chi connectivity index (χ2v) is 6.51. The molecule has 2 aromatic rings. The summed E-state index contributed by atoms with van der Waals surface area (Å²) in [6, 6.07) is 7.20.